The van der Waals surface area contributed by atoms with Crippen molar-refractivity contribution in [1.29, 1.82) is 0 Å². The van der Waals surface area contributed by atoms with Crippen LogP contribution in [0, 0.1) is 17.3 Å². The zero-order valence-electron chi connectivity index (χ0n) is 10.5. The lowest BCUT2D eigenvalue weighted by atomic mass is 9.80. The lowest BCUT2D eigenvalue weighted by Crippen LogP contribution is -2.13. The van der Waals surface area contributed by atoms with Crippen LogP contribution in [0.5, 0.6) is 0 Å². The summed E-state index contributed by atoms with van der Waals surface area (Å²) in [7, 11) is 0. The Morgan fingerprint density at radius 3 is 2.50 bits per heavy atom. The van der Waals surface area contributed by atoms with E-state index in [1.807, 2.05) is 0 Å². The molecule has 0 N–H and O–H groups in total. The highest BCUT2D eigenvalue weighted by molar-refractivity contribution is 5.39. The van der Waals surface area contributed by atoms with Crippen LogP contribution >= 0.6 is 0 Å². The van der Waals surface area contributed by atoms with E-state index in [1.165, 1.54) is 18.4 Å². The zero-order chi connectivity index (χ0) is 12.3. The average Bonchev–Trinajstić information content (AvgIpc) is 2.41. The summed E-state index contributed by atoms with van der Waals surface area (Å²) in [6.07, 6.45) is 7.91. The van der Waals surface area contributed by atoms with E-state index in [-0.39, 0.29) is 6.15 Å². The van der Waals surface area contributed by atoms with Gasteiger partial charge in [-0.05, 0) is 42.6 Å². The molecule has 0 aliphatic heterocycles. The summed E-state index contributed by atoms with van der Waals surface area (Å²) in [6, 6.07) is 0. The standard InChI is InChI=1S/C13H20.CO2/c1-9-5-10(2)12-8-13(3,4)7-11(12)6-9;2-1-3/h5,8-9,11H,6-7H2,1-4H3;/t9-,11-;/m0./s1. The van der Waals surface area contributed by atoms with Crippen LogP contribution in [-0.4, -0.2) is 6.15 Å². The lowest BCUT2D eigenvalue weighted by Gasteiger charge is -2.25. The van der Waals surface area contributed by atoms with Gasteiger partial charge in [0.2, 0.25) is 0 Å². The van der Waals surface area contributed by atoms with Crippen LogP contribution in [0.1, 0.15) is 40.5 Å². The third-order valence-electron chi connectivity index (χ3n) is 3.40. The Balaban J connectivity index is 0.000000386. The monoisotopic (exact) mass is 220 g/mol. The summed E-state index contributed by atoms with van der Waals surface area (Å²) in [5.41, 5.74) is 3.62. The molecule has 2 aliphatic rings. The molecular formula is C14H20O2. The van der Waals surface area contributed by atoms with Crippen LogP contribution in [0.4, 0.5) is 0 Å². The average molecular weight is 220 g/mol. The van der Waals surface area contributed by atoms with Gasteiger partial charge in [0.05, 0.1) is 0 Å². The van der Waals surface area contributed by atoms with Crippen LogP contribution in [-0.2, 0) is 9.59 Å². The van der Waals surface area contributed by atoms with Crippen molar-refractivity contribution in [3.8, 4) is 0 Å². The number of carbonyl (C=O) groups excluding carboxylic acids is 2. The van der Waals surface area contributed by atoms with Gasteiger partial charge in [0.25, 0.3) is 0 Å². The summed E-state index contributed by atoms with van der Waals surface area (Å²) < 4.78 is 0. The van der Waals surface area contributed by atoms with E-state index in [2.05, 4.69) is 39.8 Å². The smallest absolute Gasteiger partial charge is 0.186 e. The van der Waals surface area contributed by atoms with Gasteiger partial charge in [-0.2, -0.15) is 9.59 Å². The molecule has 0 aromatic heterocycles. The van der Waals surface area contributed by atoms with Crippen LogP contribution in [0.3, 0.4) is 0 Å². The number of allylic oxidation sites excluding steroid dienone is 4. The summed E-state index contributed by atoms with van der Waals surface area (Å²) in [4.78, 5) is 16.2. The van der Waals surface area contributed by atoms with Gasteiger partial charge >= 0.3 is 6.15 Å². The van der Waals surface area contributed by atoms with Crippen molar-refractivity contribution in [1.82, 2.24) is 0 Å². The molecule has 0 aromatic rings. The maximum atomic E-state index is 8.12. The molecule has 2 nitrogen and oxygen atoms in total. The molecule has 2 aliphatic carbocycles. The fourth-order valence-electron chi connectivity index (χ4n) is 3.03. The molecule has 88 valence electrons. The van der Waals surface area contributed by atoms with Gasteiger partial charge < -0.3 is 0 Å². The Labute approximate surface area is 97.4 Å². The highest BCUT2D eigenvalue weighted by atomic mass is 16.2. The van der Waals surface area contributed by atoms with E-state index < -0.39 is 0 Å². The van der Waals surface area contributed by atoms with E-state index >= 15 is 0 Å². The molecular weight excluding hydrogens is 200 g/mol. The number of rotatable bonds is 0. The van der Waals surface area contributed by atoms with Crippen molar-refractivity contribution in [3.05, 3.63) is 23.3 Å². The Morgan fingerprint density at radius 2 is 1.94 bits per heavy atom. The number of hydrogen-bond acceptors (Lipinski definition) is 2. The topological polar surface area (TPSA) is 34.1 Å². The van der Waals surface area contributed by atoms with Crippen molar-refractivity contribution >= 4 is 6.15 Å². The summed E-state index contributed by atoms with van der Waals surface area (Å²) in [5.74, 6) is 1.64. The Hall–Kier alpha value is -1.14. The second-order valence-corrected chi connectivity index (χ2v) is 5.64. The molecule has 2 rings (SSSR count). The van der Waals surface area contributed by atoms with E-state index in [1.54, 1.807) is 5.57 Å². The molecule has 0 aromatic carbocycles. The molecule has 0 unspecified atom stereocenters. The minimum Gasteiger partial charge on any atom is -0.186 e. The van der Waals surface area contributed by atoms with E-state index in [0.717, 1.165) is 11.8 Å². The Bertz CT molecular complexity index is 355. The van der Waals surface area contributed by atoms with Crippen molar-refractivity contribution in [2.24, 2.45) is 17.3 Å². The molecule has 16 heavy (non-hydrogen) atoms. The highest BCUT2D eigenvalue weighted by Crippen LogP contribution is 2.47. The first-order valence-corrected chi connectivity index (χ1v) is 5.80. The largest absolute Gasteiger partial charge is 0.373 e. The minimum absolute atomic E-state index is 0.250. The minimum atomic E-state index is 0.250. The maximum Gasteiger partial charge on any atom is 0.373 e. The predicted octanol–water partition coefficient (Wildman–Crippen LogP) is 3.36. The zero-order valence-corrected chi connectivity index (χ0v) is 10.5. The molecule has 0 fully saturated rings. The lowest BCUT2D eigenvalue weighted by molar-refractivity contribution is -0.191. The van der Waals surface area contributed by atoms with Gasteiger partial charge in [0.15, 0.2) is 0 Å². The van der Waals surface area contributed by atoms with Crippen LogP contribution < -0.4 is 0 Å². The molecule has 0 saturated carbocycles. The SMILES string of the molecule is CC1=C[C@H](C)C[C@H]2CC(C)(C)C=C12.O=C=O. The van der Waals surface area contributed by atoms with Gasteiger partial charge in [-0.25, -0.2) is 0 Å². The first-order valence-electron chi connectivity index (χ1n) is 5.80. The van der Waals surface area contributed by atoms with Crippen molar-refractivity contribution < 1.29 is 9.59 Å². The molecule has 0 spiro atoms. The first kappa shape index (κ1) is 12.9. The van der Waals surface area contributed by atoms with Crippen LogP contribution in [0.15, 0.2) is 23.3 Å². The molecule has 0 bridgehead atoms. The fraction of sp³-hybridized carbons (Fsp3) is 0.643. The summed E-state index contributed by atoms with van der Waals surface area (Å²) in [5, 5.41) is 0. The second-order valence-electron chi connectivity index (χ2n) is 5.64. The first-order chi connectivity index (χ1) is 7.39. The molecule has 0 heterocycles. The van der Waals surface area contributed by atoms with Gasteiger partial charge in [-0.3, -0.25) is 0 Å². The van der Waals surface area contributed by atoms with E-state index in [4.69, 9.17) is 9.59 Å². The summed E-state index contributed by atoms with van der Waals surface area (Å²) in [6.45, 7) is 9.33. The molecule has 0 amide bonds. The van der Waals surface area contributed by atoms with Crippen molar-refractivity contribution in [3.63, 3.8) is 0 Å². The third kappa shape index (κ3) is 2.93. The number of hydrogen-bond donors (Lipinski definition) is 0. The Kier molecular flexibility index (Phi) is 3.88. The van der Waals surface area contributed by atoms with E-state index in [0.29, 0.717) is 5.41 Å². The van der Waals surface area contributed by atoms with Crippen LogP contribution in [0.25, 0.3) is 0 Å². The van der Waals surface area contributed by atoms with Gasteiger partial charge in [0.1, 0.15) is 0 Å². The quantitative estimate of drug-likeness (QED) is 0.627. The van der Waals surface area contributed by atoms with Gasteiger partial charge in [0, 0.05) is 0 Å². The Morgan fingerprint density at radius 1 is 1.38 bits per heavy atom. The normalized spacial score (nSPS) is 30.2. The fourth-order valence-corrected chi connectivity index (χ4v) is 3.03. The molecule has 0 radical (unpaired) electrons. The molecule has 2 heteroatoms. The van der Waals surface area contributed by atoms with Crippen molar-refractivity contribution in [2.45, 2.75) is 40.5 Å². The van der Waals surface area contributed by atoms with Crippen molar-refractivity contribution in [2.75, 3.05) is 0 Å². The third-order valence-corrected chi connectivity index (χ3v) is 3.40. The highest BCUT2D eigenvalue weighted by Gasteiger charge is 2.34. The van der Waals surface area contributed by atoms with Crippen LogP contribution in [0.2, 0.25) is 0 Å². The van der Waals surface area contributed by atoms with Gasteiger partial charge in [-0.1, -0.05) is 38.5 Å². The van der Waals surface area contributed by atoms with Gasteiger partial charge in [-0.15, -0.1) is 0 Å². The maximum absolute atomic E-state index is 8.12. The molecule has 0 saturated heterocycles. The number of fused-ring (bicyclic) bond motifs is 1. The van der Waals surface area contributed by atoms with E-state index in [9.17, 15) is 0 Å². The molecule has 2 atom stereocenters. The summed E-state index contributed by atoms with van der Waals surface area (Å²) >= 11 is 0. The second kappa shape index (κ2) is 4.80. The predicted molar refractivity (Wildman–Crippen MR) is 62.5 cm³/mol.